The number of benzene rings is 1. The molecule has 1 aliphatic carbocycles. The minimum atomic E-state index is -0.441. The predicted octanol–water partition coefficient (Wildman–Crippen LogP) is 3.61. The molecule has 0 unspecified atom stereocenters. The van der Waals surface area contributed by atoms with E-state index in [1.54, 1.807) is 13.2 Å². The van der Waals surface area contributed by atoms with Crippen LogP contribution in [0.2, 0.25) is 0 Å². The number of amides is 1. The van der Waals surface area contributed by atoms with E-state index in [0.29, 0.717) is 24.5 Å². The number of aromatic nitrogens is 3. The van der Waals surface area contributed by atoms with Crippen LogP contribution in [-0.4, -0.2) is 51.3 Å². The van der Waals surface area contributed by atoms with Gasteiger partial charge in [-0.25, -0.2) is 4.68 Å². The lowest BCUT2D eigenvalue weighted by atomic mass is 9.94. The first-order chi connectivity index (χ1) is 15.5. The summed E-state index contributed by atoms with van der Waals surface area (Å²) in [5, 5.41) is 9.08. The average Bonchev–Trinajstić information content (AvgIpc) is 3.15. The van der Waals surface area contributed by atoms with Crippen LogP contribution in [0.1, 0.15) is 57.9 Å². The zero-order valence-electron chi connectivity index (χ0n) is 19.5. The second-order valence-corrected chi connectivity index (χ2v) is 9.06. The Balaban J connectivity index is 1.51. The van der Waals surface area contributed by atoms with Gasteiger partial charge in [0.1, 0.15) is 11.6 Å². The first kappa shape index (κ1) is 22.5. The SMILES string of the molecule is CC[C@H](C(=O)NCCCN(C)C1CCCCC1)n1c2ccccc2c2cnn(C)c(=O)c21. The molecular weight excluding hydrogens is 402 g/mol. The zero-order chi connectivity index (χ0) is 22.7. The van der Waals surface area contributed by atoms with E-state index in [-0.39, 0.29) is 11.5 Å². The van der Waals surface area contributed by atoms with Crippen molar-refractivity contribution in [2.24, 2.45) is 7.05 Å². The number of hydrogen-bond donors (Lipinski definition) is 1. The molecule has 7 nitrogen and oxygen atoms in total. The summed E-state index contributed by atoms with van der Waals surface area (Å²) >= 11 is 0. The van der Waals surface area contributed by atoms with Crippen LogP contribution in [0.25, 0.3) is 21.8 Å². The third kappa shape index (κ3) is 4.31. The summed E-state index contributed by atoms with van der Waals surface area (Å²) in [6.45, 7) is 3.62. The van der Waals surface area contributed by atoms with Crippen LogP contribution in [0, 0.1) is 0 Å². The summed E-state index contributed by atoms with van der Waals surface area (Å²) < 4.78 is 3.25. The number of nitrogens with one attached hydrogen (secondary N) is 1. The van der Waals surface area contributed by atoms with E-state index in [1.807, 2.05) is 35.8 Å². The first-order valence-electron chi connectivity index (χ1n) is 12.0. The van der Waals surface area contributed by atoms with Gasteiger partial charge in [0.05, 0.1) is 11.7 Å². The van der Waals surface area contributed by atoms with E-state index in [0.717, 1.165) is 29.3 Å². The highest BCUT2D eigenvalue weighted by molar-refractivity contribution is 6.08. The highest BCUT2D eigenvalue weighted by Gasteiger charge is 2.25. The Labute approximate surface area is 189 Å². The number of hydrogen-bond acceptors (Lipinski definition) is 4. The standard InChI is InChI=1S/C25H35N5O2/c1-4-21(24(31)26-15-10-16-28(2)18-11-6-5-7-12-18)30-22-14-9-8-13-19(22)20-17-27-29(3)25(32)23(20)30/h8-9,13-14,17-18,21H,4-7,10-12,15-16H2,1-3H3,(H,26,31)/t21-/m1/s1. The van der Waals surface area contributed by atoms with Crippen molar-refractivity contribution in [2.75, 3.05) is 20.1 Å². The molecule has 0 aliphatic heterocycles. The van der Waals surface area contributed by atoms with Gasteiger partial charge in [-0.2, -0.15) is 5.10 Å². The van der Waals surface area contributed by atoms with E-state index < -0.39 is 6.04 Å². The summed E-state index contributed by atoms with van der Waals surface area (Å²) in [6.07, 6.45) is 9.86. The fraction of sp³-hybridized carbons (Fsp3) is 0.560. The van der Waals surface area contributed by atoms with Crippen LogP contribution >= 0.6 is 0 Å². The average molecular weight is 438 g/mol. The minimum Gasteiger partial charge on any atom is -0.354 e. The van der Waals surface area contributed by atoms with Crippen LogP contribution in [-0.2, 0) is 11.8 Å². The number of carbonyl (C=O) groups is 1. The van der Waals surface area contributed by atoms with Crippen molar-refractivity contribution < 1.29 is 4.79 Å². The second-order valence-electron chi connectivity index (χ2n) is 9.06. The van der Waals surface area contributed by atoms with Gasteiger partial charge in [-0.15, -0.1) is 0 Å². The van der Waals surface area contributed by atoms with Gasteiger partial charge in [0.15, 0.2) is 0 Å². The number of nitrogens with zero attached hydrogens (tertiary/aromatic N) is 4. The van der Waals surface area contributed by atoms with Gasteiger partial charge in [0, 0.05) is 30.4 Å². The van der Waals surface area contributed by atoms with Crippen molar-refractivity contribution in [1.82, 2.24) is 24.6 Å². The highest BCUT2D eigenvalue weighted by atomic mass is 16.2. The molecule has 0 radical (unpaired) electrons. The normalized spacial score (nSPS) is 16.1. The van der Waals surface area contributed by atoms with Crippen LogP contribution < -0.4 is 10.9 Å². The molecule has 1 aliphatic rings. The van der Waals surface area contributed by atoms with Gasteiger partial charge in [0.2, 0.25) is 5.91 Å². The molecule has 1 amide bonds. The number of rotatable bonds is 8. The molecule has 0 bridgehead atoms. The minimum absolute atomic E-state index is 0.0330. The lowest BCUT2D eigenvalue weighted by molar-refractivity contribution is -0.124. The topological polar surface area (TPSA) is 72.2 Å². The van der Waals surface area contributed by atoms with E-state index in [9.17, 15) is 9.59 Å². The molecule has 172 valence electrons. The fourth-order valence-corrected chi connectivity index (χ4v) is 5.16. The molecule has 2 heterocycles. The molecule has 7 heteroatoms. The van der Waals surface area contributed by atoms with Gasteiger partial charge in [0.25, 0.3) is 5.56 Å². The number of fused-ring (bicyclic) bond motifs is 3. The Morgan fingerprint density at radius 1 is 1.22 bits per heavy atom. The van der Waals surface area contributed by atoms with E-state index >= 15 is 0 Å². The van der Waals surface area contributed by atoms with Crippen molar-refractivity contribution in [1.29, 1.82) is 0 Å². The molecule has 1 saturated carbocycles. The van der Waals surface area contributed by atoms with E-state index in [1.165, 1.54) is 36.8 Å². The van der Waals surface area contributed by atoms with Gasteiger partial charge in [-0.3, -0.25) is 9.59 Å². The molecule has 0 spiro atoms. The smallest absolute Gasteiger partial charge is 0.291 e. The Hall–Kier alpha value is -2.67. The molecule has 3 aromatic rings. The molecule has 0 saturated heterocycles. The van der Waals surface area contributed by atoms with Crippen LogP contribution in [0.3, 0.4) is 0 Å². The zero-order valence-corrected chi connectivity index (χ0v) is 19.5. The van der Waals surface area contributed by atoms with Crippen molar-refractivity contribution in [3.05, 3.63) is 40.8 Å². The fourth-order valence-electron chi connectivity index (χ4n) is 5.16. The Morgan fingerprint density at radius 2 is 1.97 bits per heavy atom. The molecule has 32 heavy (non-hydrogen) atoms. The van der Waals surface area contributed by atoms with E-state index in [2.05, 4.69) is 22.4 Å². The van der Waals surface area contributed by atoms with Crippen LogP contribution in [0.4, 0.5) is 0 Å². The van der Waals surface area contributed by atoms with Gasteiger partial charge in [-0.05, 0) is 45.3 Å². The van der Waals surface area contributed by atoms with Crippen molar-refractivity contribution in [3.63, 3.8) is 0 Å². The first-order valence-corrected chi connectivity index (χ1v) is 12.0. The highest BCUT2D eigenvalue weighted by Crippen LogP contribution is 2.30. The summed E-state index contributed by atoms with van der Waals surface area (Å²) in [5.41, 5.74) is 1.26. The van der Waals surface area contributed by atoms with Crippen molar-refractivity contribution >= 4 is 27.7 Å². The Kier molecular flexibility index (Phi) is 6.94. The molecule has 1 fully saturated rings. The molecule has 2 aromatic heterocycles. The van der Waals surface area contributed by atoms with Gasteiger partial charge >= 0.3 is 0 Å². The lowest BCUT2D eigenvalue weighted by Gasteiger charge is -2.31. The third-order valence-electron chi connectivity index (χ3n) is 6.99. The maximum Gasteiger partial charge on any atom is 0.291 e. The largest absolute Gasteiger partial charge is 0.354 e. The van der Waals surface area contributed by atoms with Gasteiger partial charge in [-0.1, -0.05) is 44.4 Å². The monoisotopic (exact) mass is 437 g/mol. The molecule has 1 aromatic carbocycles. The molecular formula is C25H35N5O2. The quantitative estimate of drug-likeness (QED) is 0.547. The molecule has 1 N–H and O–H groups in total. The van der Waals surface area contributed by atoms with Crippen LogP contribution in [0.5, 0.6) is 0 Å². The second kappa shape index (κ2) is 9.86. The number of aryl methyl sites for hydroxylation is 1. The van der Waals surface area contributed by atoms with E-state index in [4.69, 9.17) is 0 Å². The number of para-hydroxylation sites is 1. The Bertz CT molecular complexity index is 1140. The van der Waals surface area contributed by atoms with Crippen molar-refractivity contribution in [3.8, 4) is 0 Å². The third-order valence-corrected chi connectivity index (χ3v) is 6.99. The summed E-state index contributed by atoms with van der Waals surface area (Å²) in [7, 11) is 3.85. The molecule has 4 rings (SSSR count). The molecule has 1 atom stereocenters. The van der Waals surface area contributed by atoms with Crippen molar-refractivity contribution in [2.45, 2.75) is 64.0 Å². The number of carbonyl (C=O) groups excluding carboxylic acids is 1. The maximum atomic E-state index is 13.2. The summed E-state index contributed by atoms with van der Waals surface area (Å²) in [5.74, 6) is -0.0330. The predicted molar refractivity (Wildman–Crippen MR) is 129 cm³/mol. The summed E-state index contributed by atoms with van der Waals surface area (Å²) in [6, 6.07) is 8.11. The van der Waals surface area contributed by atoms with Gasteiger partial charge < -0.3 is 14.8 Å². The maximum absolute atomic E-state index is 13.2. The summed E-state index contributed by atoms with van der Waals surface area (Å²) in [4.78, 5) is 28.7. The Morgan fingerprint density at radius 3 is 2.72 bits per heavy atom. The van der Waals surface area contributed by atoms with Crippen LogP contribution in [0.15, 0.2) is 35.3 Å². The lowest BCUT2D eigenvalue weighted by Crippen LogP contribution is -2.37.